The summed E-state index contributed by atoms with van der Waals surface area (Å²) in [5.74, 6) is 0.319. The summed E-state index contributed by atoms with van der Waals surface area (Å²) in [6, 6.07) is 12.6. The zero-order valence-corrected chi connectivity index (χ0v) is 15.6. The van der Waals surface area contributed by atoms with Crippen LogP contribution in [0.3, 0.4) is 0 Å². The van der Waals surface area contributed by atoms with E-state index in [1.165, 1.54) is 18.2 Å². The number of aryl methyl sites for hydroxylation is 1. The number of furan rings is 1. The lowest BCUT2D eigenvalue weighted by Gasteiger charge is -2.05. The van der Waals surface area contributed by atoms with Gasteiger partial charge in [0.1, 0.15) is 18.1 Å². The van der Waals surface area contributed by atoms with Crippen molar-refractivity contribution in [3.8, 4) is 11.3 Å². The Kier molecular flexibility index (Phi) is 5.48. The molecule has 1 aromatic heterocycles. The Bertz CT molecular complexity index is 1030. The van der Waals surface area contributed by atoms with Crippen LogP contribution < -0.4 is 0 Å². The molecule has 3 aromatic rings. The minimum absolute atomic E-state index is 0.0550. The van der Waals surface area contributed by atoms with E-state index in [9.17, 15) is 14.9 Å². The zero-order chi connectivity index (χ0) is 19.6. The van der Waals surface area contributed by atoms with Gasteiger partial charge in [-0.05, 0) is 43.3 Å². The molecular formula is C19H13Cl2NO5. The monoisotopic (exact) mass is 405 g/mol. The van der Waals surface area contributed by atoms with Crippen LogP contribution in [0.2, 0.25) is 10.0 Å². The molecule has 0 saturated heterocycles. The van der Waals surface area contributed by atoms with Crippen molar-refractivity contribution < 1.29 is 18.9 Å². The van der Waals surface area contributed by atoms with E-state index in [0.29, 0.717) is 32.7 Å². The molecule has 0 saturated carbocycles. The van der Waals surface area contributed by atoms with Gasteiger partial charge in [-0.25, -0.2) is 4.79 Å². The Hall–Kier alpha value is -2.83. The lowest BCUT2D eigenvalue weighted by atomic mass is 10.1. The maximum atomic E-state index is 12.2. The lowest BCUT2D eigenvalue weighted by molar-refractivity contribution is -0.385. The van der Waals surface area contributed by atoms with E-state index in [4.69, 9.17) is 32.4 Å². The van der Waals surface area contributed by atoms with E-state index >= 15 is 0 Å². The highest BCUT2D eigenvalue weighted by Crippen LogP contribution is 2.34. The van der Waals surface area contributed by atoms with Gasteiger partial charge >= 0.3 is 5.97 Å². The quantitative estimate of drug-likeness (QED) is 0.303. The Morgan fingerprint density at radius 2 is 1.96 bits per heavy atom. The number of halogens is 2. The molecule has 0 aliphatic rings. The van der Waals surface area contributed by atoms with Crippen molar-refractivity contribution in [2.75, 3.05) is 0 Å². The first-order valence-corrected chi connectivity index (χ1v) is 8.57. The largest absolute Gasteiger partial charge is 0.457 e. The summed E-state index contributed by atoms with van der Waals surface area (Å²) in [6.07, 6.45) is 0. The van der Waals surface area contributed by atoms with E-state index in [1.807, 2.05) is 0 Å². The minimum Gasteiger partial charge on any atom is -0.457 e. The number of rotatable bonds is 5. The summed E-state index contributed by atoms with van der Waals surface area (Å²) < 4.78 is 10.9. The summed E-state index contributed by atoms with van der Waals surface area (Å²) >= 11 is 12.2. The number of hydrogen-bond acceptors (Lipinski definition) is 5. The van der Waals surface area contributed by atoms with Crippen LogP contribution in [0.15, 0.2) is 52.9 Å². The molecule has 0 aliphatic carbocycles. The standard InChI is InChI=1S/C19H13Cl2NO5/c1-11-9-12(5-7-16(11)22(24)25)19(23)26-10-13-6-8-17(27-13)14-3-2-4-15(20)18(14)21/h2-9H,10H2,1H3. The predicted octanol–water partition coefficient (Wildman–Crippen LogP) is 5.83. The number of nitro benzene ring substituents is 1. The maximum Gasteiger partial charge on any atom is 0.338 e. The van der Waals surface area contributed by atoms with Gasteiger partial charge in [-0.3, -0.25) is 10.1 Å². The third kappa shape index (κ3) is 4.13. The molecule has 2 aromatic carbocycles. The normalized spacial score (nSPS) is 10.6. The minimum atomic E-state index is -0.605. The van der Waals surface area contributed by atoms with Crippen LogP contribution >= 0.6 is 23.2 Å². The molecule has 0 unspecified atom stereocenters. The first kappa shape index (κ1) is 18.9. The van der Waals surface area contributed by atoms with E-state index in [-0.39, 0.29) is 17.9 Å². The third-order valence-corrected chi connectivity index (χ3v) is 4.67. The molecule has 0 fully saturated rings. The van der Waals surface area contributed by atoms with Crippen LogP contribution in [0.4, 0.5) is 5.69 Å². The average Bonchev–Trinajstić information content (AvgIpc) is 3.10. The number of ether oxygens (including phenoxy) is 1. The van der Waals surface area contributed by atoms with Gasteiger partial charge in [0.05, 0.1) is 20.5 Å². The summed E-state index contributed by atoms with van der Waals surface area (Å²) in [6.45, 7) is 1.47. The molecule has 3 rings (SSSR count). The fourth-order valence-corrected chi connectivity index (χ4v) is 2.90. The van der Waals surface area contributed by atoms with E-state index in [1.54, 1.807) is 37.3 Å². The molecule has 0 atom stereocenters. The van der Waals surface area contributed by atoms with E-state index in [2.05, 4.69) is 0 Å². The second-order valence-electron chi connectivity index (χ2n) is 5.70. The maximum absolute atomic E-state index is 12.2. The van der Waals surface area contributed by atoms with Gasteiger partial charge in [0, 0.05) is 17.2 Å². The van der Waals surface area contributed by atoms with E-state index in [0.717, 1.165) is 0 Å². The second-order valence-corrected chi connectivity index (χ2v) is 6.49. The smallest absolute Gasteiger partial charge is 0.338 e. The molecular weight excluding hydrogens is 393 g/mol. The highest BCUT2D eigenvalue weighted by molar-refractivity contribution is 6.43. The summed E-state index contributed by atoms with van der Waals surface area (Å²) in [4.78, 5) is 22.5. The number of esters is 1. The SMILES string of the molecule is Cc1cc(C(=O)OCc2ccc(-c3cccc(Cl)c3Cl)o2)ccc1[N+](=O)[O-]. The van der Waals surface area contributed by atoms with Crippen LogP contribution in [0.1, 0.15) is 21.7 Å². The Morgan fingerprint density at radius 1 is 1.19 bits per heavy atom. The molecule has 27 heavy (non-hydrogen) atoms. The van der Waals surface area contributed by atoms with Crippen molar-refractivity contribution in [3.63, 3.8) is 0 Å². The van der Waals surface area contributed by atoms with Gasteiger partial charge in [-0.15, -0.1) is 0 Å². The van der Waals surface area contributed by atoms with Crippen LogP contribution in [-0.2, 0) is 11.3 Å². The van der Waals surface area contributed by atoms with Crippen molar-refractivity contribution in [3.05, 3.63) is 85.6 Å². The van der Waals surface area contributed by atoms with Crippen molar-refractivity contribution in [1.82, 2.24) is 0 Å². The second kappa shape index (κ2) is 7.82. The van der Waals surface area contributed by atoms with Gasteiger partial charge in [0.2, 0.25) is 0 Å². The van der Waals surface area contributed by atoms with Gasteiger partial charge in [0.25, 0.3) is 5.69 Å². The van der Waals surface area contributed by atoms with Gasteiger partial charge in [-0.1, -0.05) is 29.3 Å². The molecule has 0 aliphatic heterocycles. The number of benzene rings is 2. The Balaban J connectivity index is 1.70. The molecule has 1 heterocycles. The molecule has 0 amide bonds. The van der Waals surface area contributed by atoms with Crippen LogP contribution in [-0.4, -0.2) is 10.9 Å². The number of carbonyl (C=O) groups is 1. The number of carbonyl (C=O) groups excluding carboxylic acids is 1. The molecule has 0 bridgehead atoms. The number of nitro groups is 1. The fourth-order valence-electron chi connectivity index (χ4n) is 2.50. The lowest BCUT2D eigenvalue weighted by Crippen LogP contribution is -2.05. The summed E-state index contributed by atoms with van der Waals surface area (Å²) in [5.41, 5.74) is 1.18. The highest BCUT2D eigenvalue weighted by atomic mass is 35.5. The topological polar surface area (TPSA) is 82.6 Å². The molecule has 0 radical (unpaired) electrons. The van der Waals surface area contributed by atoms with Crippen molar-refractivity contribution in [2.45, 2.75) is 13.5 Å². The Morgan fingerprint density at radius 3 is 2.67 bits per heavy atom. The van der Waals surface area contributed by atoms with Crippen LogP contribution in [0.5, 0.6) is 0 Å². The van der Waals surface area contributed by atoms with Crippen molar-refractivity contribution in [2.24, 2.45) is 0 Å². The van der Waals surface area contributed by atoms with Crippen LogP contribution in [0.25, 0.3) is 11.3 Å². The first-order chi connectivity index (χ1) is 12.9. The van der Waals surface area contributed by atoms with Crippen molar-refractivity contribution >= 4 is 34.9 Å². The predicted molar refractivity (Wildman–Crippen MR) is 101 cm³/mol. The molecule has 138 valence electrons. The van der Waals surface area contributed by atoms with Gasteiger partial charge < -0.3 is 9.15 Å². The van der Waals surface area contributed by atoms with Crippen molar-refractivity contribution in [1.29, 1.82) is 0 Å². The summed E-state index contributed by atoms with van der Waals surface area (Å²) in [7, 11) is 0. The molecule has 0 N–H and O–H groups in total. The number of hydrogen-bond donors (Lipinski definition) is 0. The molecule has 6 nitrogen and oxygen atoms in total. The molecule has 8 heteroatoms. The highest BCUT2D eigenvalue weighted by Gasteiger charge is 2.16. The molecule has 0 spiro atoms. The fraction of sp³-hybridized carbons (Fsp3) is 0.105. The first-order valence-electron chi connectivity index (χ1n) is 7.82. The van der Waals surface area contributed by atoms with Crippen LogP contribution in [0, 0.1) is 17.0 Å². The third-order valence-electron chi connectivity index (χ3n) is 3.85. The average molecular weight is 406 g/mol. The van der Waals surface area contributed by atoms with E-state index < -0.39 is 10.9 Å². The summed E-state index contributed by atoms with van der Waals surface area (Å²) in [5, 5.41) is 11.6. The van der Waals surface area contributed by atoms with Gasteiger partial charge in [-0.2, -0.15) is 0 Å². The van der Waals surface area contributed by atoms with Gasteiger partial charge in [0.15, 0.2) is 0 Å². The zero-order valence-electron chi connectivity index (χ0n) is 14.1. The Labute approximate surface area is 164 Å². The number of nitrogens with zero attached hydrogens (tertiary/aromatic N) is 1.